The Morgan fingerprint density at radius 1 is 1.11 bits per heavy atom. The molecule has 19 heavy (non-hydrogen) atoms. The first-order valence-electron chi connectivity index (χ1n) is 6.88. The average molecular weight is 255 g/mol. The quantitative estimate of drug-likeness (QED) is 0.812. The van der Waals surface area contributed by atoms with Crippen LogP contribution in [0.2, 0.25) is 0 Å². The number of benzene rings is 1. The number of rotatable bonds is 6. The predicted molar refractivity (Wildman–Crippen MR) is 82.1 cm³/mol. The molecule has 2 rings (SSSR count). The van der Waals surface area contributed by atoms with Gasteiger partial charge in [0.25, 0.3) is 0 Å². The van der Waals surface area contributed by atoms with E-state index in [4.69, 9.17) is 0 Å². The van der Waals surface area contributed by atoms with E-state index in [0.717, 1.165) is 36.6 Å². The zero-order valence-electron chi connectivity index (χ0n) is 11.6. The Morgan fingerprint density at radius 2 is 1.95 bits per heavy atom. The molecule has 1 aromatic heterocycles. The molecule has 1 aromatic carbocycles. The van der Waals surface area contributed by atoms with Crippen molar-refractivity contribution in [3.05, 3.63) is 48.2 Å². The van der Waals surface area contributed by atoms with Gasteiger partial charge in [-0.3, -0.25) is 0 Å². The van der Waals surface area contributed by atoms with Crippen LogP contribution in [-0.4, -0.2) is 11.5 Å². The second-order valence-electron chi connectivity index (χ2n) is 4.49. The summed E-state index contributed by atoms with van der Waals surface area (Å²) in [5.41, 5.74) is 3.55. The number of hydrogen-bond donors (Lipinski definition) is 2. The van der Waals surface area contributed by atoms with Crippen molar-refractivity contribution in [3.8, 4) is 0 Å². The van der Waals surface area contributed by atoms with Crippen molar-refractivity contribution in [2.75, 3.05) is 17.2 Å². The van der Waals surface area contributed by atoms with Gasteiger partial charge in [-0.05, 0) is 30.5 Å². The topological polar surface area (TPSA) is 37.0 Å². The number of para-hydroxylation sites is 1. The van der Waals surface area contributed by atoms with Gasteiger partial charge < -0.3 is 10.6 Å². The summed E-state index contributed by atoms with van der Waals surface area (Å²) in [6.45, 7) is 5.26. The molecule has 2 N–H and O–H groups in total. The van der Waals surface area contributed by atoms with Gasteiger partial charge in [0, 0.05) is 30.2 Å². The van der Waals surface area contributed by atoms with E-state index in [1.165, 1.54) is 5.56 Å². The van der Waals surface area contributed by atoms with Crippen LogP contribution in [0.25, 0.3) is 0 Å². The van der Waals surface area contributed by atoms with E-state index in [-0.39, 0.29) is 0 Å². The zero-order valence-corrected chi connectivity index (χ0v) is 11.6. The monoisotopic (exact) mass is 255 g/mol. The van der Waals surface area contributed by atoms with Gasteiger partial charge >= 0.3 is 0 Å². The summed E-state index contributed by atoms with van der Waals surface area (Å²) < 4.78 is 0. The number of pyridine rings is 1. The molecule has 3 heteroatoms. The lowest BCUT2D eigenvalue weighted by atomic mass is 10.1. The SMILES string of the molecule is CCCNc1cc(Nc2ccccc2CC)ccn1. The van der Waals surface area contributed by atoms with Crippen LogP contribution < -0.4 is 10.6 Å². The highest BCUT2D eigenvalue weighted by Crippen LogP contribution is 2.22. The third-order valence-corrected chi connectivity index (χ3v) is 2.99. The molecule has 0 saturated heterocycles. The first kappa shape index (κ1) is 13.4. The van der Waals surface area contributed by atoms with E-state index in [1.807, 2.05) is 18.3 Å². The lowest BCUT2D eigenvalue weighted by molar-refractivity contribution is 0.969. The summed E-state index contributed by atoms with van der Waals surface area (Å²) in [5.74, 6) is 0.917. The molecular weight excluding hydrogens is 234 g/mol. The molecule has 0 aliphatic rings. The van der Waals surface area contributed by atoms with Crippen LogP contribution in [0.5, 0.6) is 0 Å². The van der Waals surface area contributed by atoms with E-state index in [0.29, 0.717) is 0 Å². The molecule has 0 aliphatic heterocycles. The Labute approximate surface area is 115 Å². The molecule has 0 bridgehead atoms. The Bertz CT molecular complexity index is 523. The van der Waals surface area contributed by atoms with Crippen LogP contribution in [0.15, 0.2) is 42.6 Å². The van der Waals surface area contributed by atoms with Crippen molar-refractivity contribution >= 4 is 17.2 Å². The third-order valence-electron chi connectivity index (χ3n) is 2.99. The van der Waals surface area contributed by atoms with Gasteiger partial charge in [0.1, 0.15) is 5.82 Å². The van der Waals surface area contributed by atoms with Crippen LogP contribution in [0.3, 0.4) is 0 Å². The van der Waals surface area contributed by atoms with Gasteiger partial charge in [-0.2, -0.15) is 0 Å². The Kier molecular flexibility index (Phi) is 4.78. The molecule has 0 radical (unpaired) electrons. The zero-order chi connectivity index (χ0) is 13.5. The lowest BCUT2D eigenvalue weighted by Gasteiger charge is -2.12. The van der Waals surface area contributed by atoms with Crippen LogP contribution in [0, 0.1) is 0 Å². The van der Waals surface area contributed by atoms with E-state index in [9.17, 15) is 0 Å². The summed E-state index contributed by atoms with van der Waals surface area (Å²) in [6.07, 6.45) is 3.95. The normalized spacial score (nSPS) is 10.2. The second-order valence-corrected chi connectivity index (χ2v) is 4.49. The van der Waals surface area contributed by atoms with Gasteiger partial charge in [-0.25, -0.2) is 4.98 Å². The maximum absolute atomic E-state index is 4.31. The molecular formula is C16H21N3. The number of nitrogens with one attached hydrogen (secondary N) is 2. The third kappa shape index (κ3) is 3.71. The van der Waals surface area contributed by atoms with Gasteiger partial charge in [0.05, 0.1) is 0 Å². The number of nitrogens with zero attached hydrogens (tertiary/aromatic N) is 1. The Hall–Kier alpha value is -2.03. The number of anilines is 3. The Balaban J connectivity index is 2.14. The summed E-state index contributed by atoms with van der Waals surface area (Å²) in [7, 11) is 0. The number of aromatic nitrogens is 1. The fourth-order valence-corrected chi connectivity index (χ4v) is 1.96. The summed E-state index contributed by atoms with van der Waals surface area (Å²) in [5, 5.41) is 6.76. The van der Waals surface area contributed by atoms with Gasteiger partial charge in [0.15, 0.2) is 0 Å². The molecule has 0 aliphatic carbocycles. The highest BCUT2D eigenvalue weighted by atomic mass is 15.0. The van der Waals surface area contributed by atoms with Crippen molar-refractivity contribution < 1.29 is 0 Å². The average Bonchev–Trinajstić information content (AvgIpc) is 2.46. The fourth-order valence-electron chi connectivity index (χ4n) is 1.96. The minimum absolute atomic E-state index is 0.917. The summed E-state index contributed by atoms with van der Waals surface area (Å²) >= 11 is 0. The number of aryl methyl sites for hydroxylation is 1. The van der Waals surface area contributed by atoms with Crippen molar-refractivity contribution in [3.63, 3.8) is 0 Å². The molecule has 100 valence electrons. The molecule has 1 heterocycles. The smallest absolute Gasteiger partial charge is 0.127 e. The van der Waals surface area contributed by atoms with Crippen LogP contribution in [0.1, 0.15) is 25.8 Å². The highest BCUT2D eigenvalue weighted by molar-refractivity contribution is 5.65. The molecule has 0 unspecified atom stereocenters. The summed E-state index contributed by atoms with van der Waals surface area (Å²) in [4.78, 5) is 4.31. The van der Waals surface area contributed by atoms with Crippen molar-refractivity contribution in [2.45, 2.75) is 26.7 Å². The van der Waals surface area contributed by atoms with Crippen molar-refractivity contribution in [1.29, 1.82) is 0 Å². The van der Waals surface area contributed by atoms with Crippen molar-refractivity contribution in [2.24, 2.45) is 0 Å². The minimum Gasteiger partial charge on any atom is -0.370 e. The molecule has 0 amide bonds. The van der Waals surface area contributed by atoms with Gasteiger partial charge in [-0.1, -0.05) is 32.0 Å². The number of hydrogen-bond acceptors (Lipinski definition) is 3. The lowest BCUT2D eigenvalue weighted by Crippen LogP contribution is -2.02. The van der Waals surface area contributed by atoms with Crippen LogP contribution in [0.4, 0.5) is 17.2 Å². The first-order valence-corrected chi connectivity index (χ1v) is 6.88. The van der Waals surface area contributed by atoms with E-state index >= 15 is 0 Å². The highest BCUT2D eigenvalue weighted by Gasteiger charge is 2.01. The van der Waals surface area contributed by atoms with Gasteiger partial charge in [0.2, 0.25) is 0 Å². The molecule has 0 spiro atoms. The standard InChI is InChI=1S/C16H21N3/c1-3-10-17-16-12-14(9-11-18-16)19-15-8-6-5-7-13(15)4-2/h5-9,11-12H,3-4,10H2,1-2H3,(H2,17,18,19). The molecule has 2 aromatic rings. The van der Waals surface area contributed by atoms with Crippen molar-refractivity contribution in [1.82, 2.24) is 4.98 Å². The molecule has 3 nitrogen and oxygen atoms in total. The largest absolute Gasteiger partial charge is 0.370 e. The first-order chi connectivity index (χ1) is 9.33. The second kappa shape index (κ2) is 6.78. The maximum atomic E-state index is 4.31. The Morgan fingerprint density at radius 3 is 2.74 bits per heavy atom. The maximum Gasteiger partial charge on any atom is 0.127 e. The van der Waals surface area contributed by atoms with Gasteiger partial charge in [-0.15, -0.1) is 0 Å². The molecule has 0 fully saturated rings. The predicted octanol–water partition coefficient (Wildman–Crippen LogP) is 4.21. The molecule has 0 saturated carbocycles. The van der Waals surface area contributed by atoms with Crippen LogP contribution in [-0.2, 0) is 6.42 Å². The van der Waals surface area contributed by atoms with E-state index in [2.05, 4.69) is 53.7 Å². The van der Waals surface area contributed by atoms with E-state index in [1.54, 1.807) is 0 Å². The minimum atomic E-state index is 0.917. The molecule has 0 atom stereocenters. The van der Waals surface area contributed by atoms with E-state index < -0.39 is 0 Å². The fraction of sp³-hybridized carbons (Fsp3) is 0.312. The summed E-state index contributed by atoms with van der Waals surface area (Å²) in [6, 6.07) is 12.4. The van der Waals surface area contributed by atoms with Crippen LogP contribution >= 0.6 is 0 Å².